The van der Waals surface area contributed by atoms with Crippen LogP contribution in [0.4, 0.5) is 0 Å². The van der Waals surface area contributed by atoms with E-state index in [9.17, 15) is 0 Å². The highest BCUT2D eigenvalue weighted by molar-refractivity contribution is 5.68. The minimum atomic E-state index is 0.683. The normalized spacial score (nSPS) is 10.2. The summed E-state index contributed by atoms with van der Waals surface area (Å²) in [7, 11) is 0. The summed E-state index contributed by atoms with van der Waals surface area (Å²) in [4.78, 5) is 0. The van der Waals surface area contributed by atoms with Crippen molar-refractivity contribution in [2.24, 2.45) is 0 Å². The Labute approximate surface area is 140 Å². The van der Waals surface area contributed by atoms with Gasteiger partial charge in [0.05, 0.1) is 6.54 Å². The maximum Gasteiger partial charge on any atom is 0.126 e. The number of allylic oxidation sites excluding steroid dienone is 2. The molecule has 2 nitrogen and oxygen atoms in total. The molecular weight excluding hydrogens is 282 g/mol. The van der Waals surface area contributed by atoms with Crippen LogP contribution in [0.5, 0.6) is 5.75 Å². The predicted molar refractivity (Wildman–Crippen MR) is 99.4 cm³/mol. The monoisotopic (exact) mass is 309 g/mol. The Hall–Kier alpha value is -2.40. The zero-order valence-corrected chi connectivity index (χ0v) is 14.7. The molecule has 0 spiro atoms. The number of aromatic nitrogens is 1. The van der Waals surface area contributed by atoms with E-state index >= 15 is 0 Å². The summed E-state index contributed by atoms with van der Waals surface area (Å²) < 4.78 is 7.99. The van der Waals surface area contributed by atoms with Gasteiger partial charge in [-0.1, -0.05) is 31.2 Å². The lowest BCUT2D eigenvalue weighted by molar-refractivity contribution is 0.298. The quantitative estimate of drug-likeness (QED) is 0.674. The van der Waals surface area contributed by atoms with Crippen molar-refractivity contribution in [1.82, 2.24) is 4.57 Å². The first-order valence-corrected chi connectivity index (χ1v) is 8.08. The van der Waals surface area contributed by atoms with Crippen LogP contribution >= 0.6 is 0 Å². The van der Waals surface area contributed by atoms with E-state index < -0.39 is 0 Å². The molecular formula is C21H27NO. The van der Waals surface area contributed by atoms with Crippen LogP contribution in [0.2, 0.25) is 0 Å². The fourth-order valence-electron chi connectivity index (χ4n) is 2.03. The Morgan fingerprint density at radius 1 is 1.17 bits per heavy atom. The fraction of sp³-hybridized carbons (Fsp3) is 0.333. The van der Waals surface area contributed by atoms with Gasteiger partial charge in [-0.05, 0) is 44.5 Å². The van der Waals surface area contributed by atoms with E-state index in [1.165, 1.54) is 11.1 Å². The van der Waals surface area contributed by atoms with Crippen molar-refractivity contribution in [2.75, 3.05) is 6.61 Å². The van der Waals surface area contributed by atoms with Crippen LogP contribution in [-0.4, -0.2) is 11.2 Å². The van der Waals surface area contributed by atoms with Gasteiger partial charge in [-0.2, -0.15) is 0 Å². The highest BCUT2D eigenvalue weighted by atomic mass is 16.5. The molecule has 0 saturated carbocycles. The molecule has 2 heteroatoms. The molecule has 23 heavy (non-hydrogen) atoms. The standard InChI is InChI=1S/C16H19NO.C5H8/c1-3-14(2)15-8-4-5-9-16(15)18-13-12-17-10-6-7-11-17;1-3-5-4-2/h3-11H,12-13H2,1-2H3;3H2,1-2H3/b14-3+;. The molecule has 0 bridgehead atoms. The van der Waals surface area contributed by atoms with E-state index in [1.54, 1.807) is 0 Å². The van der Waals surface area contributed by atoms with Crippen molar-refractivity contribution < 1.29 is 4.74 Å². The maximum atomic E-state index is 5.87. The SMILES string of the molecule is C/C=C(\C)c1ccccc1OCCn1cccc1.CC#CCC. The summed E-state index contributed by atoms with van der Waals surface area (Å²) >= 11 is 0. The first-order chi connectivity index (χ1) is 11.2. The molecule has 1 aromatic carbocycles. The third-order valence-corrected chi connectivity index (χ3v) is 3.37. The van der Waals surface area contributed by atoms with Crippen molar-refractivity contribution in [1.29, 1.82) is 0 Å². The summed E-state index contributed by atoms with van der Waals surface area (Å²) in [5.41, 5.74) is 2.42. The van der Waals surface area contributed by atoms with Crippen molar-refractivity contribution in [3.8, 4) is 17.6 Å². The van der Waals surface area contributed by atoms with E-state index in [1.807, 2.05) is 63.5 Å². The zero-order valence-electron chi connectivity index (χ0n) is 14.7. The molecule has 0 unspecified atom stereocenters. The Bertz CT molecular complexity index is 642. The van der Waals surface area contributed by atoms with Crippen molar-refractivity contribution >= 4 is 5.57 Å². The number of ether oxygens (including phenoxy) is 1. The third kappa shape index (κ3) is 6.93. The Morgan fingerprint density at radius 2 is 1.87 bits per heavy atom. The molecule has 0 aliphatic rings. The number of nitrogens with zero attached hydrogens (tertiary/aromatic N) is 1. The molecule has 1 heterocycles. The molecule has 1 aromatic heterocycles. The predicted octanol–water partition coefficient (Wildman–Crippen LogP) is 5.41. The van der Waals surface area contributed by atoms with Crippen LogP contribution in [0, 0.1) is 11.8 Å². The van der Waals surface area contributed by atoms with E-state index in [2.05, 4.69) is 35.5 Å². The zero-order chi connectivity index (χ0) is 16.9. The Morgan fingerprint density at radius 3 is 2.43 bits per heavy atom. The molecule has 0 amide bonds. The lowest BCUT2D eigenvalue weighted by Crippen LogP contribution is -2.07. The molecule has 0 aliphatic carbocycles. The molecule has 2 rings (SSSR count). The topological polar surface area (TPSA) is 14.2 Å². The van der Waals surface area contributed by atoms with Crippen LogP contribution in [0.15, 0.2) is 54.9 Å². The van der Waals surface area contributed by atoms with E-state index in [4.69, 9.17) is 4.74 Å². The number of rotatable bonds is 5. The van der Waals surface area contributed by atoms with Crippen LogP contribution in [0.1, 0.15) is 39.7 Å². The third-order valence-electron chi connectivity index (χ3n) is 3.37. The van der Waals surface area contributed by atoms with Gasteiger partial charge < -0.3 is 9.30 Å². The first-order valence-electron chi connectivity index (χ1n) is 8.08. The number of para-hydroxylation sites is 1. The lowest BCUT2D eigenvalue weighted by atomic mass is 10.1. The summed E-state index contributed by atoms with van der Waals surface area (Å²) in [5, 5.41) is 0. The molecule has 0 radical (unpaired) electrons. The van der Waals surface area contributed by atoms with Crippen LogP contribution in [-0.2, 0) is 6.54 Å². The molecule has 0 N–H and O–H groups in total. The van der Waals surface area contributed by atoms with E-state index in [0.717, 1.165) is 18.7 Å². The lowest BCUT2D eigenvalue weighted by Gasteiger charge is -2.12. The van der Waals surface area contributed by atoms with Gasteiger partial charge in [0.25, 0.3) is 0 Å². The Kier molecular flexibility index (Phi) is 9.09. The number of benzene rings is 1. The second-order valence-corrected chi connectivity index (χ2v) is 5.02. The van der Waals surface area contributed by atoms with Crippen LogP contribution < -0.4 is 4.74 Å². The average molecular weight is 309 g/mol. The van der Waals surface area contributed by atoms with Gasteiger partial charge in [-0.3, -0.25) is 0 Å². The second kappa shape index (κ2) is 11.2. The molecule has 122 valence electrons. The van der Waals surface area contributed by atoms with Crippen molar-refractivity contribution in [3.05, 3.63) is 60.4 Å². The highest BCUT2D eigenvalue weighted by Gasteiger charge is 2.03. The summed E-state index contributed by atoms with van der Waals surface area (Å²) in [6.45, 7) is 9.60. The van der Waals surface area contributed by atoms with Gasteiger partial charge in [-0.15, -0.1) is 11.8 Å². The van der Waals surface area contributed by atoms with Gasteiger partial charge in [0, 0.05) is 24.4 Å². The van der Waals surface area contributed by atoms with Gasteiger partial charge in [0.1, 0.15) is 12.4 Å². The molecule has 0 aliphatic heterocycles. The van der Waals surface area contributed by atoms with Gasteiger partial charge in [0.15, 0.2) is 0 Å². The van der Waals surface area contributed by atoms with Gasteiger partial charge in [0.2, 0.25) is 0 Å². The van der Waals surface area contributed by atoms with Crippen LogP contribution in [0.3, 0.4) is 0 Å². The Balaban J connectivity index is 0.000000463. The van der Waals surface area contributed by atoms with E-state index in [-0.39, 0.29) is 0 Å². The smallest absolute Gasteiger partial charge is 0.126 e. The summed E-state index contributed by atoms with van der Waals surface area (Å²) in [5.74, 6) is 6.59. The second-order valence-electron chi connectivity index (χ2n) is 5.02. The average Bonchev–Trinajstić information content (AvgIpc) is 3.09. The summed E-state index contributed by atoms with van der Waals surface area (Å²) in [6.07, 6.45) is 7.18. The minimum absolute atomic E-state index is 0.683. The molecule has 0 saturated heterocycles. The number of hydrogen-bond donors (Lipinski definition) is 0. The summed E-state index contributed by atoms with van der Waals surface area (Å²) in [6, 6.07) is 12.2. The molecule has 2 aromatic rings. The van der Waals surface area contributed by atoms with E-state index in [0.29, 0.717) is 6.61 Å². The highest BCUT2D eigenvalue weighted by Crippen LogP contribution is 2.25. The van der Waals surface area contributed by atoms with Crippen molar-refractivity contribution in [2.45, 2.75) is 40.7 Å². The van der Waals surface area contributed by atoms with Gasteiger partial charge in [-0.25, -0.2) is 0 Å². The first kappa shape index (κ1) is 18.6. The van der Waals surface area contributed by atoms with Gasteiger partial charge >= 0.3 is 0 Å². The molecule has 0 fully saturated rings. The van der Waals surface area contributed by atoms with Crippen LogP contribution in [0.25, 0.3) is 5.57 Å². The maximum absolute atomic E-state index is 5.87. The molecule has 0 atom stereocenters. The van der Waals surface area contributed by atoms with Crippen molar-refractivity contribution in [3.63, 3.8) is 0 Å². The number of hydrogen-bond acceptors (Lipinski definition) is 1. The minimum Gasteiger partial charge on any atom is -0.491 e. The fourth-order valence-corrected chi connectivity index (χ4v) is 2.03. The largest absolute Gasteiger partial charge is 0.491 e.